The van der Waals surface area contributed by atoms with Crippen LogP contribution >= 0.6 is 0 Å². The van der Waals surface area contributed by atoms with E-state index in [0.29, 0.717) is 5.92 Å². The fourth-order valence-electron chi connectivity index (χ4n) is 2.81. The molecule has 4 rings (SSSR count). The minimum Gasteiger partial charge on any atom is -0.497 e. The highest BCUT2D eigenvalue weighted by Gasteiger charge is 2.31. The second kappa shape index (κ2) is 5.19. The Morgan fingerprint density at radius 3 is 2.86 bits per heavy atom. The van der Waals surface area contributed by atoms with Crippen LogP contribution in [-0.4, -0.2) is 22.9 Å². The largest absolute Gasteiger partial charge is 0.497 e. The number of rotatable bonds is 6. The Bertz CT molecular complexity index is 641. The number of nitrogens with zero attached hydrogens (tertiary/aromatic N) is 2. The van der Waals surface area contributed by atoms with Crippen LogP contribution in [0, 0.1) is 0 Å². The molecule has 21 heavy (non-hydrogen) atoms. The Balaban J connectivity index is 1.66. The molecule has 110 valence electrons. The van der Waals surface area contributed by atoms with Gasteiger partial charge >= 0.3 is 0 Å². The van der Waals surface area contributed by atoms with Crippen LogP contribution in [0.4, 0.5) is 0 Å². The Kier molecular flexibility index (Phi) is 3.19. The van der Waals surface area contributed by atoms with Crippen LogP contribution in [0.1, 0.15) is 42.9 Å². The van der Waals surface area contributed by atoms with Gasteiger partial charge in [-0.2, -0.15) is 5.10 Å². The van der Waals surface area contributed by atoms with Gasteiger partial charge in [0.2, 0.25) is 0 Å². The summed E-state index contributed by atoms with van der Waals surface area (Å²) in [6.07, 6.45) is 7.24. The lowest BCUT2D eigenvalue weighted by Crippen LogP contribution is -2.16. The van der Waals surface area contributed by atoms with E-state index in [2.05, 4.69) is 27.2 Å². The second-order valence-corrected chi connectivity index (χ2v) is 6.10. The lowest BCUT2D eigenvalue weighted by molar-refractivity contribution is 0.414. The van der Waals surface area contributed by atoms with E-state index in [1.54, 1.807) is 7.11 Å². The van der Waals surface area contributed by atoms with Crippen LogP contribution in [0.2, 0.25) is 0 Å². The molecule has 1 aromatic heterocycles. The van der Waals surface area contributed by atoms with Crippen molar-refractivity contribution < 1.29 is 4.74 Å². The van der Waals surface area contributed by atoms with Crippen LogP contribution in [-0.2, 0) is 6.54 Å². The molecule has 0 saturated heterocycles. The van der Waals surface area contributed by atoms with Gasteiger partial charge in [-0.25, -0.2) is 4.68 Å². The number of hydrogen-bond acceptors (Lipinski definition) is 3. The number of ether oxygens (including phenoxy) is 1. The normalized spacial score (nSPS) is 18.0. The number of nitrogens with one attached hydrogen (secondary N) is 1. The zero-order chi connectivity index (χ0) is 14.2. The first-order chi connectivity index (χ1) is 10.3. The number of hydrogen-bond donors (Lipinski definition) is 1. The average Bonchev–Trinajstić information content (AvgIpc) is 3.44. The van der Waals surface area contributed by atoms with Crippen LogP contribution in [0.15, 0.2) is 30.5 Å². The van der Waals surface area contributed by atoms with E-state index in [4.69, 9.17) is 4.74 Å². The summed E-state index contributed by atoms with van der Waals surface area (Å²) in [7, 11) is 1.70. The molecule has 2 aliphatic rings. The third-order valence-electron chi connectivity index (χ3n) is 4.31. The van der Waals surface area contributed by atoms with Gasteiger partial charge in [-0.05, 0) is 37.8 Å². The van der Waals surface area contributed by atoms with E-state index in [-0.39, 0.29) is 0 Å². The molecule has 1 N–H and O–H groups in total. The summed E-state index contributed by atoms with van der Waals surface area (Å²) in [6, 6.07) is 8.88. The van der Waals surface area contributed by atoms with E-state index in [0.717, 1.165) is 24.0 Å². The van der Waals surface area contributed by atoms with Crippen molar-refractivity contribution in [1.29, 1.82) is 0 Å². The second-order valence-electron chi connectivity index (χ2n) is 6.10. The maximum Gasteiger partial charge on any atom is 0.121 e. The molecule has 0 radical (unpaired) electrons. The number of aromatic nitrogens is 2. The Labute approximate surface area is 125 Å². The van der Waals surface area contributed by atoms with Crippen LogP contribution in [0.25, 0.3) is 5.69 Å². The zero-order valence-corrected chi connectivity index (χ0v) is 12.4. The fraction of sp³-hybridized carbons (Fsp3) is 0.471. The maximum absolute atomic E-state index is 5.33. The molecular formula is C17H21N3O. The third kappa shape index (κ3) is 2.68. The van der Waals surface area contributed by atoms with Crippen molar-refractivity contribution in [3.05, 3.63) is 41.7 Å². The van der Waals surface area contributed by atoms with E-state index < -0.39 is 0 Å². The molecule has 2 aromatic rings. The molecular weight excluding hydrogens is 262 g/mol. The minimum absolute atomic E-state index is 0.676. The Morgan fingerprint density at radius 1 is 1.29 bits per heavy atom. The SMILES string of the molecule is COc1cccc(-n2ncc(CNC3CC3)c2C2CC2)c1. The summed E-state index contributed by atoms with van der Waals surface area (Å²) >= 11 is 0. The van der Waals surface area contributed by atoms with Gasteiger partial charge in [0.25, 0.3) is 0 Å². The summed E-state index contributed by atoms with van der Waals surface area (Å²) in [6.45, 7) is 0.945. The molecule has 0 atom stereocenters. The molecule has 0 amide bonds. The maximum atomic E-state index is 5.33. The monoisotopic (exact) mass is 283 g/mol. The standard InChI is InChI=1S/C17H21N3O/c1-21-16-4-2-3-15(9-16)20-17(12-5-6-12)13(11-19-20)10-18-14-7-8-14/h2-4,9,11-12,14,18H,5-8,10H2,1H3. The molecule has 2 aliphatic carbocycles. The van der Waals surface area contributed by atoms with Crippen molar-refractivity contribution >= 4 is 0 Å². The van der Waals surface area contributed by atoms with Gasteiger partial charge in [0, 0.05) is 30.1 Å². The van der Waals surface area contributed by atoms with E-state index in [9.17, 15) is 0 Å². The predicted molar refractivity (Wildman–Crippen MR) is 82.0 cm³/mol. The molecule has 0 spiro atoms. The smallest absolute Gasteiger partial charge is 0.121 e. The van der Waals surface area contributed by atoms with Crippen LogP contribution in [0.3, 0.4) is 0 Å². The number of methoxy groups -OCH3 is 1. The third-order valence-corrected chi connectivity index (χ3v) is 4.31. The van der Waals surface area contributed by atoms with Crippen molar-refractivity contribution in [2.75, 3.05) is 7.11 Å². The summed E-state index contributed by atoms with van der Waals surface area (Å²) in [4.78, 5) is 0. The minimum atomic E-state index is 0.676. The molecule has 4 nitrogen and oxygen atoms in total. The first-order valence-corrected chi connectivity index (χ1v) is 7.80. The first kappa shape index (κ1) is 12.9. The highest BCUT2D eigenvalue weighted by Crippen LogP contribution is 2.42. The van der Waals surface area contributed by atoms with E-state index >= 15 is 0 Å². The lowest BCUT2D eigenvalue weighted by atomic mass is 10.1. The van der Waals surface area contributed by atoms with Crippen molar-refractivity contribution in [2.45, 2.75) is 44.2 Å². The highest BCUT2D eigenvalue weighted by molar-refractivity contribution is 5.42. The summed E-state index contributed by atoms with van der Waals surface area (Å²) < 4.78 is 7.43. The van der Waals surface area contributed by atoms with Crippen molar-refractivity contribution in [3.63, 3.8) is 0 Å². The van der Waals surface area contributed by atoms with Gasteiger partial charge in [-0.3, -0.25) is 0 Å². The molecule has 0 bridgehead atoms. The Hall–Kier alpha value is -1.81. The molecule has 1 heterocycles. The summed E-state index contributed by atoms with van der Waals surface area (Å²) in [5.74, 6) is 1.55. The lowest BCUT2D eigenvalue weighted by Gasteiger charge is -2.10. The number of benzene rings is 1. The molecule has 0 aliphatic heterocycles. The van der Waals surface area contributed by atoms with Crippen molar-refractivity contribution in [1.82, 2.24) is 15.1 Å². The first-order valence-electron chi connectivity index (χ1n) is 7.80. The van der Waals surface area contributed by atoms with Crippen LogP contribution < -0.4 is 10.1 Å². The van der Waals surface area contributed by atoms with Gasteiger partial charge in [-0.15, -0.1) is 0 Å². The van der Waals surface area contributed by atoms with Gasteiger partial charge in [0.15, 0.2) is 0 Å². The summed E-state index contributed by atoms with van der Waals surface area (Å²) in [5, 5.41) is 8.25. The van der Waals surface area contributed by atoms with Crippen LogP contribution in [0.5, 0.6) is 5.75 Å². The van der Waals surface area contributed by atoms with Crippen molar-refractivity contribution in [2.24, 2.45) is 0 Å². The van der Waals surface area contributed by atoms with Crippen molar-refractivity contribution in [3.8, 4) is 11.4 Å². The molecule has 2 fully saturated rings. The topological polar surface area (TPSA) is 39.1 Å². The van der Waals surface area contributed by atoms with Gasteiger partial charge < -0.3 is 10.1 Å². The molecule has 0 unspecified atom stereocenters. The molecule has 4 heteroatoms. The quantitative estimate of drug-likeness (QED) is 0.885. The highest BCUT2D eigenvalue weighted by atomic mass is 16.5. The molecule has 2 saturated carbocycles. The zero-order valence-electron chi connectivity index (χ0n) is 12.4. The Morgan fingerprint density at radius 2 is 2.14 bits per heavy atom. The average molecular weight is 283 g/mol. The van der Waals surface area contributed by atoms with Gasteiger partial charge in [0.1, 0.15) is 5.75 Å². The van der Waals surface area contributed by atoms with E-state index in [1.807, 2.05) is 18.3 Å². The summed E-state index contributed by atoms with van der Waals surface area (Å²) in [5.41, 5.74) is 3.83. The van der Waals surface area contributed by atoms with Gasteiger partial charge in [-0.1, -0.05) is 6.07 Å². The fourth-order valence-corrected chi connectivity index (χ4v) is 2.81. The predicted octanol–water partition coefficient (Wildman–Crippen LogP) is 3.01. The van der Waals surface area contributed by atoms with E-state index in [1.165, 1.54) is 36.9 Å². The van der Waals surface area contributed by atoms with Gasteiger partial charge in [0.05, 0.1) is 24.7 Å². The molecule has 1 aromatic carbocycles.